The first-order chi connectivity index (χ1) is 4.86. The number of rotatable bonds is 0. The summed E-state index contributed by atoms with van der Waals surface area (Å²) in [6, 6.07) is 4.70. The van der Waals surface area contributed by atoms with Crippen LogP contribution in [-0.2, 0) is 0 Å². The Labute approximate surface area is 55.9 Å². The molecule has 1 aromatic carbocycles. The van der Waals surface area contributed by atoms with Crippen LogP contribution in [0.2, 0.25) is 0 Å². The molecule has 0 bridgehead atoms. The lowest BCUT2D eigenvalue weighted by Crippen LogP contribution is -1.87. The predicted octanol–water partition coefficient (Wildman–Crippen LogP) is 1.48. The van der Waals surface area contributed by atoms with Crippen LogP contribution in [-0.4, -0.2) is 9.78 Å². The van der Waals surface area contributed by atoms with Crippen LogP contribution in [0.25, 0.3) is 16.7 Å². The standard InChI is InChI=1S/C7H3FN2/c8-4-1-2-6-5(3-4)7-9-10(6)7/h1-3H. The summed E-state index contributed by atoms with van der Waals surface area (Å²) in [5.74, 6) is 0.738. The molecular weight excluding hydrogens is 131 g/mol. The first-order valence-electron chi connectivity index (χ1n) is 3.05. The predicted molar refractivity (Wildman–Crippen MR) is 34.6 cm³/mol. The van der Waals surface area contributed by atoms with E-state index in [-0.39, 0.29) is 5.82 Å². The fraction of sp³-hybridized carbons (Fsp3) is 0. The summed E-state index contributed by atoms with van der Waals surface area (Å²) in [5, 5.41) is 4.90. The first kappa shape index (κ1) is 4.44. The molecule has 2 aliphatic heterocycles. The molecule has 0 aromatic heterocycles. The molecule has 0 atom stereocenters. The summed E-state index contributed by atoms with van der Waals surface area (Å²) in [4.78, 5) is 0. The summed E-state index contributed by atoms with van der Waals surface area (Å²) in [6.07, 6.45) is 0. The maximum Gasteiger partial charge on any atom is 0.184 e. The molecule has 0 saturated carbocycles. The van der Waals surface area contributed by atoms with Gasteiger partial charge in [0.15, 0.2) is 5.82 Å². The summed E-state index contributed by atoms with van der Waals surface area (Å²) in [6.45, 7) is 0. The smallest absolute Gasteiger partial charge is 0.184 e. The molecule has 0 saturated heterocycles. The number of benzene rings is 1. The monoisotopic (exact) mass is 134 g/mol. The van der Waals surface area contributed by atoms with Crippen LogP contribution in [0.4, 0.5) is 4.39 Å². The van der Waals surface area contributed by atoms with E-state index in [4.69, 9.17) is 0 Å². The van der Waals surface area contributed by atoms with E-state index in [1.807, 2.05) is 0 Å². The number of fused-ring (bicyclic) bond motifs is 4. The molecule has 10 heavy (non-hydrogen) atoms. The molecule has 0 amide bonds. The Hall–Kier alpha value is -1.38. The zero-order chi connectivity index (χ0) is 6.72. The van der Waals surface area contributed by atoms with Gasteiger partial charge in [-0.1, -0.05) is 0 Å². The van der Waals surface area contributed by atoms with Crippen LogP contribution in [0, 0.1) is 5.82 Å². The van der Waals surface area contributed by atoms with Crippen molar-refractivity contribution in [1.82, 2.24) is 9.78 Å². The highest BCUT2D eigenvalue weighted by Crippen LogP contribution is 2.34. The Morgan fingerprint density at radius 2 is 2.30 bits per heavy atom. The SMILES string of the molecule is Fc1ccc2c(c1)c1nn2-1. The summed E-state index contributed by atoms with van der Waals surface area (Å²) in [7, 11) is 0. The van der Waals surface area contributed by atoms with E-state index >= 15 is 0 Å². The van der Waals surface area contributed by atoms with Gasteiger partial charge in [-0.05, 0) is 18.2 Å². The van der Waals surface area contributed by atoms with E-state index in [1.54, 1.807) is 10.7 Å². The minimum Gasteiger partial charge on any atom is -0.210 e. The van der Waals surface area contributed by atoms with Crippen molar-refractivity contribution in [1.29, 1.82) is 0 Å². The van der Waals surface area contributed by atoms with E-state index in [1.165, 1.54) is 12.1 Å². The molecule has 0 spiro atoms. The lowest BCUT2D eigenvalue weighted by Gasteiger charge is -1.99. The fourth-order valence-corrected chi connectivity index (χ4v) is 1.23. The average molecular weight is 134 g/mol. The van der Waals surface area contributed by atoms with Crippen LogP contribution < -0.4 is 0 Å². The molecular formula is C7H3FN2. The minimum absolute atomic E-state index is 0.187. The molecule has 0 N–H and O–H groups in total. The normalized spacial score (nSPS) is 12.5. The van der Waals surface area contributed by atoms with Gasteiger partial charge in [0.2, 0.25) is 0 Å². The van der Waals surface area contributed by atoms with Crippen LogP contribution in [0.15, 0.2) is 18.2 Å². The van der Waals surface area contributed by atoms with Crippen LogP contribution in [0.3, 0.4) is 0 Å². The molecule has 2 aliphatic rings. The van der Waals surface area contributed by atoms with Gasteiger partial charge in [-0.15, -0.1) is 5.10 Å². The highest BCUT2D eigenvalue weighted by molar-refractivity contribution is 5.96. The zero-order valence-electron chi connectivity index (χ0n) is 5.00. The second kappa shape index (κ2) is 1.08. The van der Waals surface area contributed by atoms with Crippen molar-refractivity contribution in [2.24, 2.45) is 0 Å². The van der Waals surface area contributed by atoms with Gasteiger partial charge in [0.05, 0.1) is 5.52 Å². The highest BCUT2D eigenvalue weighted by atomic mass is 19.1. The van der Waals surface area contributed by atoms with Crippen molar-refractivity contribution < 1.29 is 4.39 Å². The highest BCUT2D eigenvalue weighted by Gasteiger charge is 2.25. The van der Waals surface area contributed by atoms with Gasteiger partial charge in [-0.25, -0.2) is 9.07 Å². The van der Waals surface area contributed by atoms with Crippen molar-refractivity contribution in [3.05, 3.63) is 24.0 Å². The van der Waals surface area contributed by atoms with Gasteiger partial charge in [-0.2, -0.15) is 0 Å². The molecule has 3 heteroatoms. The quantitative estimate of drug-likeness (QED) is 0.455. The number of hydrogen-bond donors (Lipinski definition) is 0. The zero-order valence-corrected chi connectivity index (χ0v) is 5.00. The van der Waals surface area contributed by atoms with E-state index in [0.29, 0.717) is 0 Å². The van der Waals surface area contributed by atoms with Gasteiger partial charge in [0, 0.05) is 5.39 Å². The molecule has 1 aromatic rings. The van der Waals surface area contributed by atoms with Crippen LogP contribution in [0.5, 0.6) is 0 Å². The van der Waals surface area contributed by atoms with Gasteiger partial charge >= 0.3 is 0 Å². The molecule has 2 nitrogen and oxygen atoms in total. The van der Waals surface area contributed by atoms with Gasteiger partial charge in [0.1, 0.15) is 5.82 Å². The number of hydrogen-bond acceptors (Lipinski definition) is 1. The topological polar surface area (TPSA) is 17.8 Å². The van der Waals surface area contributed by atoms with Crippen LogP contribution in [0.1, 0.15) is 0 Å². The third kappa shape index (κ3) is 0.319. The Kier molecular flexibility index (Phi) is 0.477. The van der Waals surface area contributed by atoms with Crippen LogP contribution >= 0.6 is 0 Å². The van der Waals surface area contributed by atoms with Gasteiger partial charge in [0.25, 0.3) is 0 Å². The first-order valence-corrected chi connectivity index (χ1v) is 3.05. The lowest BCUT2D eigenvalue weighted by atomic mass is 10.2. The Morgan fingerprint density at radius 3 is 3.20 bits per heavy atom. The second-order valence-electron chi connectivity index (χ2n) is 2.40. The number of halogens is 1. The maximum absolute atomic E-state index is 12.5. The van der Waals surface area contributed by atoms with Crippen molar-refractivity contribution in [3.8, 4) is 5.82 Å². The summed E-state index contributed by atoms with van der Waals surface area (Å²) < 4.78 is 14.3. The Balaban J connectivity index is 2.55. The van der Waals surface area contributed by atoms with Gasteiger partial charge < -0.3 is 0 Å². The Morgan fingerprint density at radius 1 is 1.40 bits per heavy atom. The average Bonchev–Trinajstić information content (AvgIpc) is 2.60. The molecule has 0 unspecified atom stereocenters. The van der Waals surface area contributed by atoms with Crippen molar-refractivity contribution >= 4 is 10.9 Å². The largest absolute Gasteiger partial charge is 0.210 e. The van der Waals surface area contributed by atoms with E-state index in [0.717, 1.165) is 16.7 Å². The summed E-state index contributed by atoms with van der Waals surface area (Å²) in [5.41, 5.74) is 1.02. The van der Waals surface area contributed by atoms with E-state index < -0.39 is 0 Å². The lowest BCUT2D eigenvalue weighted by molar-refractivity contribution is 0.629. The molecule has 0 radical (unpaired) electrons. The van der Waals surface area contributed by atoms with E-state index in [2.05, 4.69) is 5.10 Å². The van der Waals surface area contributed by atoms with Crippen molar-refractivity contribution in [3.63, 3.8) is 0 Å². The molecule has 3 rings (SSSR count). The van der Waals surface area contributed by atoms with Gasteiger partial charge in [-0.3, -0.25) is 0 Å². The summed E-state index contributed by atoms with van der Waals surface area (Å²) >= 11 is 0. The third-order valence-electron chi connectivity index (χ3n) is 1.78. The number of aromatic nitrogens is 2. The third-order valence-corrected chi connectivity index (χ3v) is 1.78. The molecule has 0 aliphatic carbocycles. The second-order valence-corrected chi connectivity index (χ2v) is 2.40. The molecule has 48 valence electrons. The fourth-order valence-electron chi connectivity index (χ4n) is 1.23. The Bertz CT molecular complexity index is 430. The molecule has 0 fully saturated rings. The van der Waals surface area contributed by atoms with Crippen molar-refractivity contribution in [2.45, 2.75) is 0 Å². The van der Waals surface area contributed by atoms with E-state index in [9.17, 15) is 4.39 Å². The molecule has 2 heterocycles. The minimum atomic E-state index is -0.187. The van der Waals surface area contributed by atoms with Crippen molar-refractivity contribution in [2.75, 3.05) is 0 Å². The maximum atomic E-state index is 12.5. The number of nitrogens with zero attached hydrogens (tertiary/aromatic N) is 2.